The van der Waals surface area contributed by atoms with Gasteiger partial charge in [-0.15, -0.1) is 0 Å². The highest BCUT2D eigenvalue weighted by molar-refractivity contribution is 5.42. The maximum atomic E-state index is 12.9. The molecule has 0 spiro atoms. The zero-order valence-corrected chi connectivity index (χ0v) is 11.4. The lowest BCUT2D eigenvalue weighted by Gasteiger charge is -1.99. The number of aliphatic hydroxyl groups is 2. The Bertz CT molecular complexity index is 665. The molecular weight excluding hydrogens is 298 g/mol. The van der Waals surface area contributed by atoms with E-state index in [0.29, 0.717) is 0 Å². The molecule has 0 unspecified atom stereocenters. The molecule has 0 heterocycles. The van der Waals surface area contributed by atoms with Gasteiger partial charge in [0.1, 0.15) is 0 Å². The number of aliphatic hydroxyl groups excluding tert-OH is 2. The first-order valence-electron chi connectivity index (χ1n) is 6.08. The molecule has 6 nitrogen and oxygen atoms in total. The maximum Gasteiger partial charge on any atom is 0.305 e. The molecule has 2 rings (SSSR count). The summed E-state index contributed by atoms with van der Waals surface area (Å²) in [5, 5.41) is 27.3. The molecule has 2 aromatic rings. The van der Waals surface area contributed by atoms with E-state index in [4.69, 9.17) is 15.9 Å². The molecule has 0 fully saturated rings. The van der Waals surface area contributed by atoms with Crippen LogP contribution in [-0.2, 0) is 13.2 Å². The van der Waals surface area contributed by atoms with Crippen molar-refractivity contribution in [1.29, 1.82) is 0 Å². The summed E-state index contributed by atoms with van der Waals surface area (Å²) >= 11 is 0. The van der Waals surface area contributed by atoms with E-state index < -0.39 is 28.9 Å². The lowest BCUT2D eigenvalue weighted by atomic mass is 10.2. The number of nitro groups is 1. The molecule has 118 valence electrons. The zero-order valence-electron chi connectivity index (χ0n) is 11.4. The molecule has 0 atom stereocenters. The van der Waals surface area contributed by atoms with E-state index in [1.807, 2.05) is 0 Å². The van der Waals surface area contributed by atoms with Crippen molar-refractivity contribution < 1.29 is 23.9 Å². The Morgan fingerprint density at radius 2 is 1.50 bits per heavy atom. The topological polar surface area (TPSA) is 110 Å². The second-order valence-corrected chi connectivity index (χ2v) is 4.14. The van der Waals surface area contributed by atoms with Crippen LogP contribution in [0.5, 0.6) is 0 Å². The fourth-order valence-electron chi connectivity index (χ4n) is 1.55. The van der Waals surface area contributed by atoms with E-state index in [0.717, 1.165) is 6.07 Å². The van der Waals surface area contributed by atoms with E-state index in [2.05, 4.69) is 0 Å². The summed E-state index contributed by atoms with van der Waals surface area (Å²) in [6, 6.07) is 8.22. The highest BCUT2D eigenvalue weighted by Crippen LogP contribution is 2.19. The number of nitrogens with zero attached hydrogens (tertiary/aromatic N) is 1. The second kappa shape index (κ2) is 8.01. The quantitative estimate of drug-likeness (QED) is 0.457. The smallest absolute Gasteiger partial charge is 0.305 e. The summed E-state index contributed by atoms with van der Waals surface area (Å²) < 4.78 is 25.6. The van der Waals surface area contributed by atoms with Crippen LogP contribution in [0.15, 0.2) is 36.4 Å². The van der Waals surface area contributed by atoms with Gasteiger partial charge in [-0.2, -0.15) is 4.39 Å². The van der Waals surface area contributed by atoms with Gasteiger partial charge < -0.3 is 15.9 Å². The van der Waals surface area contributed by atoms with Crippen LogP contribution in [0, 0.1) is 21.7 Å². The third-order valence-corrected chi connectivity index (χ3v) is 2.70. The van der Waals surface area contributed by atoms with Gasteiger partial charge in [-0.3, -0.25) is 10.1 Å². The molecule has 8 heteroatoms. The number of nitrogen functional groups attached to an aromatic ring is 1. The van der Waals surface area contributed by atoms with Crippen LogP contribution in [0.4, 0.5) is 20.2 Å². The van der Waals surface area contributed by atoms with Crippen molar-refractivity contribution in [3.05, 3.63) is 69.3 Å². The standard InChI is InChI=1S/C7H6FNO3.C7H8FNO/c8-7-5(4-10)2-1-3-6(7)9(11)12;8-7-5(4-10)2-1-3-6(7)9/h1-3,10H,4H2;1-3,10H,4,9H2. The Hall–Kier alpha value is -2.58. The fourth-order valence-corrected chi connectivity index (χ4v) is 1.55. The Morgan fingerprint density at radius 1 is 1.00 bits per heavy atom. The summed E-state index contributed by atoms with van der Waals surface area (Å²) in [7, 11) is 0. The summed E-state index contributed by atoms with van der Waals surface area (Å²) in [6.07, 6.45) is 0. The van der Waals surface area contributed by atoms with Gasteiger partial charge in [-0.1, -0.05) is 24.3 Å². The van der Waals surface area contributed by atoms with Crippen molar-refractivity contribution in [2.24, 2.45) is 0 Å². The molecule has 22 heavy (non-hydrogen) atoms. The van der Waals surface area contributed by atoms with Crippen LogP contribution >= 0.6 is 0 Å². The SMILES string of the molecule is Nc1cccc(CO)c1F.O=[N+]([O-])c1cccc(CO)c1F. The lowest BCUT2D eigenvalue weighted by molar-refractivity contribution is -0.387. The van der Waals surface area contributed by atoms with Crippen LogP contribution in [0.25, 0.3) is 0 Å². The first-order valence-corrected chi connectivity index (χ1v) is 6.08. The van der Waals surface area contributed by atoms with Crippen molar-refractivity contribution >= 4 is 11.4 Å². The van der Waals surface area contributed by atoms with Gasteiger partial charge in [0.15, 0.2) is 5.82 Å². The van der Waals surface area contributed by atoms with Crippen LogP contribution < -0.4 is 5.73 Å². The normalized spacial score (nSPS) is 9.82. The first kappa shape index (κ1) is 17.5. The fraction of sp³-hybridized carbons (Fsp3) is 0.143. The van der Waals surface area contributed by atoms with Crippen molar-refractivity contribution in [2.45, 2.75) is 13.2 Å². The van der Waals surface area contributed by atoms with E-state index in [1.54, 1.807) is 6.07 Å². The maximum absolute atomic E-state index is 12.9. The molecule has 4 N–H and O–H groups in total. The third-order valence-electron chi connectivity index (χ3n) is 2.70. The van der Waals surface area contributed by atoms with Crippen molar-refractivity contribution in [3.8, 4) is 0 Å². The molecule has 0 amide bonds. The van der Waals surface area contributed by atoms with Gasteiger partial charge >= 0.3 is 5.69 Å². The molecule has 0 aliphatic rings. The van der Waals surface area contributed by atoms with Gasteiger partial charge in [-0.05, 0) is 6.07 Å². The minimum absolute atomic E-state index is 0.0656. The van der Waals surface area contributed by atoms with E-state index in [9.17, 15) is 18.9 Å². The van der Waals surface area contributed by atoms with Crippen molar-refractivity contribution in [1.82, 2.24) is 0 Å². The average molecular weight is 312 g/mol. The zero-order chi connectivity index (χ0) is 16.7. The molecule has 0 aliphatic carbocycles. The van der Waals surface area contributed by atoms with Gasteiger partial charge in [0.25, 0.3) is 0 Å². The Kier molecular flexibility index (Phi) is 6.36. The number of halogens is 2. The number of rotatable bonds is 3. The molecule has 2 aromatic carbocycles. The van der Waals surface area contributed by atoms with Crippen LogP contribution in [0.1, 0.15) is 11.1 Å². The molecule has 0 radical (unpaired) electrons. The largest absolute Gasteiger partial charge is 0.396 e. The number of hydrogen-bond donors (Lipinski definition) is 3. The monoisotopic (exact) mass is 312 g/mol. The number of nitrogens with two attached hydrogens (primary N) is 1. The van der Waals surface area contributed by atoms with E-state index in [-0.39, 0.29) is 23.4 Å². The number of nitro benzene ring substituents is 1. The number of anilines is 1. The number of benzene rings is 2. The minimum atomic E-state index is -0.968. The predicted molar refractivity (Wildman–Crippen MR) is 75.7 cm³/mol. The summed E-state index contributed by atoms with van der Waals surface area (Å²) in [4.78, 5) is 9.35. The van der Waals surface area contributed by atoms with Gasteiger partial charge in [0.2, 0.25) is 5.82 Å². The van der Waals surface area contributed by atoms with Crippen molar-refractivity contribution in [2.75, 3.05) is 5.73 Å². The Morgan fingerprint density at radius 3 is 1.95 bits per heavy atom. The van der Waals surface area contributed by atoms with Crippen LogP contribution in [-0.4, -0.2) is 15.1 Å². The van der Waals surface area contributed by atoms with Crippen LogP contribution in [0.3, 0.4) is 0 Å². The molecular formula is C14H14F2N2O4. The average Bonchev–Trinajstić information content (AvgIpc) is 2.50. The van der Waals surface area contributed by atoms with E-state index >= 15 is 0 Å². The van der Waals surface area contributed by atoms with Crippen molar-refractivity contribution in [3.63, 3.8) is 0 Å². The minimum Gasteiger partial charge on any atom is -0.396 e. The summed E-state index contributed by atoms with van der Waals surface area (Å²) in [5.74, 6) is -1.49. The lowest BCUT2D eigenvalue weighted by Crippen LogP contribution is -1.96. The Balaban J connectivity index is 0.000000224. The van der Waals surface area contributed by atoms with Gasteiger partial charge in [-0.25, -0.2) is 4.39 Å². The highest BCUT2D eigenvalue weighted by Gasteiger charge is 2.15. The molecule has 0 bridgehead atoms. The molecule has 0 aliphatic heterocycles. The summed E-state index contributed by atoms with van der Waals surface area (Å²) in [5.41, 5.74) is 4.85. The van der Waals surface area contributed by atoms with Gasteiger partial charge in [0, 0.05) is 17.2 Å². The van der Waals surface area contributed by atoms with Gasteiger partial charge in [0.05, 0.1) is 23.8 Å². The molecule has 0 saturated heterocycles. The first-order chi connectivity index (χ1) is 10.4. The van der Waals surface area contributed by atoms with E-state index in [1.165, 1.54) is 24.3 Å². The highest BCUT2D eigenvalue weighted by atomic mass is 19.1. The Labute approximate surface area is 124 Å². The molecule has 0 saturated carbocycles. The number of hydrogen-bond acceptors (Lipinski definition) is 5. The predicted octanol–water partition coefficient (Wildman–Crippen LogP) is 2.13. The molecule has 0 aromatic heterocycles. The van der Waals surface area contributed by atoms with Crippen LogP contribution in [0.2, 0.25) is 0 Å². The summed E-state index contributed by atoms with van der Waals surface area (Å²) in [6.45, 7) is -0.843. The third kappa shape index (κ3) is 4.21. The second-order valence-electron chi connectivity index (χ2n) is 4.14.